The Bertz CT molecular complexity index is 1240. The van der Waals surface area contributed by atoms with Crippen molar-refractivity contribution in [2.24, 2.45) is 5.92 Å². The summed E-state index contributed by atoms with van der Waals surface area (Å²) in [6, 6.07) is 10.7. The van der Waals surface area contributed by atoms with E-state index in [9.17, 15) is 0 Å². The number of ether oxygens (including phenoxy) is 1. The van der Waals surface area contributed by atoms with Gasteiger partial charge in [-0.15, -0.1) is 36.2 Å². The molecular formula is C28H36Cl2N4O2S. The van der Waals surface area contributed by atoms with E-state index in [1.54, 1.807) is 11.3 Å². The van der Waals surface area contributed by atoms with Crippen LogP contribution in [0.1, 0.15) is 52.3 Å². The van der Waals surface area contributed by atoms with Gasteiger partial charge in [-0.2, -0.15) is 5.26 Å². The van der Waals surface area contributed by atoms with Crippen molar-refractivity contribution < 1.29 is 9.26 Å². The number of nitrogens with zero attached hydrogens (tertiary/aromatic N) is 4. The number of aromatic nitrogens is 1. The summed E-state index contributed by atoms with van der Waals surface area (Å²) in [7, 11) is 4.21. The van der Waals surface area contributed by atoms with Crippen molar-refractivity contribution in [2.75, 3.05) is 40.4 Å². The summed E-state index contributed by atoms with van der Waals surface area (Å²) >= 11 is 1.62. The molecule has 1 fully saturated rings. The maximum absolute atomic E-state index is 9.05. The monoisotopic (exact) mass is 562 g/mol. The third kappa shape index (κ3) is 7.14. The molecule has 0 aliphatic carbocycles. The highest BCUT2D eigenvalue weighted by atomic mass is 35.5. The Morgan fingerprint density at radius 3 is 2.65 bits per heavy atom. The largest absolute Gasteiger partial charge is 0.377 e. The van der Waals surface area contributed by atoms with Crippen LogP contribution in [-0.2, 0) is 24.2 Å². The molecule has 1 aromatic carbocycles. The third-order valence-electron chi connectivity index (χ3n) is 7.25. The number of halogens is 2. The SMILES string of the molecule is CN(C)Cc1c(C2=CCOCC2)ccc2c(CCC3CCN(Cc4ccc(C#N)s4)CC3)noc12.Cl.Cl. The molecule has 9 heteroatoms. The minimum atomic E-state index is 0. The number of thiophene rings is 1. The first kappa shape index (κ1) is 29.6. The van der Waals surface area contributed by atoms with Crippen LogP contribution in [0.5, 0.6) is 0 Å². The molecular weight excluding hydrogens is 527 g/mol. The van der Waals surface area contributed by atoms with Gasteiger partial charge in [0, 0.05) is 28.9 Å². The number of aryl methyl sites for hydroxylation is 1. The predicted octanol–water partition coefficient (Wildman–Crippen LogP) is 6.31. The fourth-order valence-corrected chi connectivity index (χ4v) is 6.20. The lowest BCUT2D eigenvalue weighted by Crippen LogP contribution is -2.33. The fourth-order valence-electron chi connectivity index (χ4n) is 5.35. The quantitative estimate of drug-likeness (QED) is 0.320. The normalized spacial score (nSPS) is 16.8. The van der Waals surface area contributed by atoms with Gasteiger partial charge < -0.3 is 14.2 Å². The zero-order valence-corrected chi connectivity index (χ0v) is 24.0. The van der Waals surface area contributed by atoms with Crippen LogP contribution in [0, 0.1) is 17.2 Å². The van der Waals surface area contributed by atoms with Crippen LogP contribution < -0.4 is 0 Å². The van der Waals surface area contributed by atoms with Crippen molar-refractivity contribution in [2.45, 2.75) is 45.2 Å². The van der Waals surface area contributed by atoms with Crippen molar-refractivity contribution in [1.82, 2.24) is 15.0 Å². The Kier molecular flexibility index (Phi) is 11.0. The van der Waals surface area contributed by atoms with E-state index >= 15 is 0 Å². The average molecular weight is 564 g/mol. The number of fused-ring (bicyclic) bond motifs is 1. The van der Waals surface area contributed by atoms with Crippen molar-refractivity contribution in [3.05, 3.63) is 56.9 Å². The fraction of sp³-hybridized carbons (Fsp3) is 0.500. The van der Waals surface area contributed by atoms with E-state index in [0.29, 0.717) is 6.61 Å². The van der Waals surface area contributed by atoms with Gasteiger partial charge in [-0.25, -0.2) is 0 Å². The summed E-state index contributed by atoms with van der Waals surface area (Å²) in [5.41, 5.74) is 5.91. The van der Waals surface area contributed by atoms with E-state index < -0.39 is 0 Å². The third-order valence-corrected chi connectivity index (χ3v) is 8.22. The summed E-state index contributed by atoms with van der Waals surface area (Å²) in [5, 5.41) is 14.8. The molecule has 0 atom stereocenters. The molecule has 1 saturated heterocycles. The van der Waals surface area contributed by atoms with Crippen LogP contribution >= 0.6 is 36.2 Å². The molecule has 0 saturated carbocycles. The van der Waals surface area contributed by atoms with Gasteiger partial charge in [0.2, 0.25) is 0 Å². The number of piperidine rings is 1. The maximum Gasteiger partial charge on any atom is 0.172 e. The lowest BCUT2D eigenvalue weighted by Gasteiger charge is -2.31. The molecule has 2 aromatic heterocycles. The molecule has 2 aliphatic rings. The average Bonchev–Trinajstić information content (AvgIpc) is 3.51. The van der Waals surface area contributed by atoms with E-state index in [-0.39, 0.29) is 24.8 Å². The van der Waals surface area contributed by atoms with E-state index in [2.05, 4.69) is 59.4 Å². The lowest BCUT2D eigenvalue weighted by molar-refractivity contribution is 0.161. The Balaban J connectivity index is 0.00000190. The second kappa shape index (κ2) is 13.7. The first-order valence-corrected chi connectivity index (χ1v) is 13.5. The van der Waals surface area contributed by atoms with E-state index in [1.807, 2.05) is 6.07 Å². The molecule has 3 aromatic rings. The molecule has 2 aliphatic heterocycles. The zero-order valence-electron chi connectivity index (χ0n) is 21.6. The number of rotatable bonds is 8. The summed E-state index contributed by atoms with van der Waals surface area (Å²) in [6.45, 7) is 5.51. The Labute approximate surface area is 236 Å². The number of hydrogen-bond donors (Lipinski definition) is 0. The molecule has 0 radical (unpaired) electrons. The van der Waals surface area contributed by atoms with Crippen molar-refractivity contribution in [1.29, 1.82) is 5.26 Å². The standard InChI is InChI=1S/C28H34N4O2S.2ClH/c1-31(2)19-26-24(21-11-15-33-16-12-21)6-7-25-27(30-34-28(25)26)8-3-20-9-13-32(14-10-20)18-23-5-4-22(17-29)35-23;;/h4-7,11,20H,3,8-10,12-16,18-19H2,1-2H3;2*1H. The second-order valence-corrected chi connectivity index (χ2v) is 11.2. The minimum Gasteiger partial charge on any atom is -0.377 e. The lowest BCUT2D eigenvalue weighted by atomic mass is 9.90. The molecule has 0 N–H and O–H groups in total. The number of benzene rings is 1. The smallest absolute Gasteiger partial charge is 0.172 e. The molecule has 5 rings (SSSR count). The summed E-state index contributed by atoms with van der Waals surface area (Å²) < 4.78 is 11.5. The predicted molar refractivity (Wildman–Crippen MR) is 155 cm³/mol. The van der Waals surface area contributed by atoms with Crippen molar-refractivity contribution in [3.8, 4) is 6.07 Å². The number of hydrogen-bond acceptors (Lipinski definition) is 7. The molecule has 4 heterocycles. The molecule has 6 nitrogen and oxygen atoms in total. The van der Waals surface area contributed by atoms with Gasteiger partial charge in [-0.05, 0) is 94.5 Å². The van der Waals surface area contributed by atoms with Gasteiger partial charge in [-0.3, -0.25) is 4.90 Å². The summed E-state index contributed by atoms with van der Waals surface area (Å²) in [5.74, 6) is 0.726. The Morgan fingerprint density at radius 2 is 1.97 bits per heavy atom. The number of likely N-dealkylation sites (tertiary alicyclic amines) is 1. The molecule has 0 spiro atoms. The van der Waals surface area contributed by atoms with Crippen molar-refractivity contribution in [3.63, 3.8) is 0 Å². The Hall–Kier alpha value is -1.92. The number of nitriles is 1. The van der Waals surface area contributed by atoms with Crippen LogP contribution in [-0.4, -0.2) is 55.4 Å². The van der Waals surface area contributed by atoms with Crippen LogP contribution in [0.2, 0.25) is 0 Å². The van der Waals surface area contributed by atoms with E-state index in [4.69, 9.17) is 14.5 Å². The first-order valence-electron chi connectivity index (χ1n) is 12.6. The second-order valence-electron chi connectivity index (χ2n) is 10.0. The first-order chi connectivity index (χ1) is 17.1. The van der Waals surface area contributed by atoms with Crippen LogP contribution in [0.4, 0.5) is 0 Å². The van der Waals surface area contributed by atoms with Crippen LogP contribution in [0.3, 0.4) is 0 Å². The van der Waals surface area contributed by atoms with Crippen molar-refractivity contribution >= 4 is 52.7 Å². The molecule has 0 amide bonds. The van der Waals surface area contributed by atoms with Gasteiger partial charge in [-0.1, -0.05) is 17.3 Å². The highest BCUT2D eigenvalue weighted by Crippen LogP contribution is 2.34. The minimum absolute atomic E-state index is 0. The summed E-state index contributed by atoms with van der Waals surface area (Å²) in [6.07, 6.45) is 7.70. The maximum atomic E-state index is 9.05. The topological polar surface area (TPSA) is 65.5 Å². The van der Waals surface area contributed by atoms with Gasteiger partial charge in [0.25, 0.3) is 0 Å². The van der Waals surface area contributed by atoms with Crippen LogP contribution in [0.15, 0.2) is 34.9 Å². The van der Waals surface area contributed by atoms with Gasteiger partial charge in [0.15, 0.2) is 5.58 Å². The van der Waals surface area contributed by atoms with E-state index in [0.717, 1.165) is 74.1 Å². The summed E-state index contributed by atoms with van der Waals surface area (Å²) in [4.78, 5) is 6.82. The Morgan fingerprint density at radius 1 is 1.16 bits per heavy atom. The molecule has 0 unspecified atom stereocenters. The molecule has 200 valence electrons. The van der Waals surface area contributed by atoms with Gasteiger partial charge in [0.05, 0.1) is 18.9 Å². The van der Waals surface area contributed by atoms with Gasteiger partial charge in [0.1, 0.15) is 10.9 Å². The van der Waals surface area contributed by atoms with E-state index in [1.165, 1.54) is 39.8 Å². The highest BCUT2D eigenvalue weighted by molar-refractivity contribution is 7.12. The zero-order chi connectivity index (χ0) is 24.2. The van der Waals surface area contributed by atoms with Crippen LogP contribution in [0.25, 0.3) is 16.5 Å². The highest BCUT2D eigenvalue weighted by Gasteiger charge is 2.23. The molecule has 37 heavy (non-hydrogen) atoms. The van der Waals surface area contributed by atoms with Gasteiger partial charge >= 0.3 is 0 Å². The molecule has 0 bridgehead atoms.